The third kappa shape index (κ3) is 5.78. The summed E-state index contributed by atoms with van der Waals surface area (Å²) in [5.74, 6) is -0.843. The summed E-state index contributed by atoms with van der Waals surface area (Å²) in [5, 5.41) is 11.3. The summed E-state index contributed by atoms with van der Waals surface area (Å²) >= 11 is 0. The lowest BCUT2D eigenvalue weighted by Gasteiger charge is -2.08. The Morgan fingerprint density at radius 1 is 1.04 bits per heavy atom. The van der Waals surface area contributed by atoms with Crippen LogP contribution in [0.4, 0.5) is 5.69 Å². The SMILES string of the molecule is Cc1ccc(CC(=O)OCC(=O)Nc2ccc(CC#N)cc2)cc1C. The van der Waals surface area contributed by atoms with Gasteiger partial charge in [-0.2, -0.15) is 5.26 Å². The Balaban J connectivity index is 1.79. The fourth-order valence-electron chi connectivity index (χ4n) is 2.27. The number of carbonyl (C=O) groups excluding carboxylic acids is 2. The van der Waals surface area contributed by atoms with Crippen molar-refractivity contribution in [1.29, 1.82) is 5.26 Å². The van der Waals surface area contributed by atoms with Crippen molar-refractivity contribution in [3.05, 3.63) is 64.7 Å². The topological polar surface area (TPSA) is 79.2 Å². The Bertz CT molecular complexity index is 805. The number of carbonyl (C=O) groups is 2. The predicted octanol–water partition coefficient (Wildman–Crippen LogP) is 3.09. The first-order valence-electron chi connectivity index (χ1n) is 7.95. The molecule has 0 saturated carbocycles. The number of aryl methyl sites for hydroxylation is 2. The van der Waals surface area contributed by atoms with Gasteiger partial charge in [-0.05, 0) is 48.2 Å². The van der Waals surface area contributed by atoms with Crippen molar-refractivity contribution >= 4 is 17.6 Å². The number of esters is 1. The predicted molar refractivity (Wildman–Crippen MR) is 95.0 cm³/mol. The molecule has 5 nitrogen and oxygen atoms in total. The van der Waals surface area contributed by atoms with Gasteiger partial charge >= 0.3 is 5.97 Å². The lowest BCUT2D eigenvalue weighted by molar-refractivity contribution is -0.146. The quantitative estimate of drug-likeness (QED) is 0.822. The number of nitrogens with one attached hydrogen (secondary N) is 1. The highest BCUT2D eigenvalue weighted by Gasteiger charge is 2.09. The average Bonchev–Trinajstić information content (AvgIpc) is 2.58. The van der Waals surface area contributed by atoms with Crippen LogP contribution in [-0.4, -0.2) is 18.5 Å². The van der Waals surface area contributed by atoms with Crippen LogP contribution in [-0.2, 0) is 27.2 Å². The van der Waals surface area contributed by atoms with Gasteiger partial charge in [0.25, 0.3) is 5.91 Å². The van der Waals surface area contributed by atoms with E-state index in [2.05, 4.69) is 11.4 Å². The highest BCUT2D eigenvalue weighted by atomic mass is 16.5. The number of benzene rings is 2. The van der Waals surface area contributed by atoms with E-state index in [1.165, 1.54) is 0 Å². The molecule has 2 aromatic carbocycles. The van der Waals surface area contributed by atoms with E-state index in [9.17, 15) is 9.59 Å². The molecule has 25 heavy (non-hydrogen) atoms. The molecule has 2 aromatic rings. The van der Waals surface area contributed by atoms with E-state index < -0.39 is 11.9 Å². The largest absolute Gasteiger partial charge is 0.455 e. The smallest absolute Gasteiger partial charge is 0.310 e. The first-order valence-corrected chi connectivity index (χ1v) is 7.95. The van der Waals surface area contributed by atoms with Crippen LogP contribution in [0, 0.1) is 25.2 Å². The van der Waals surface area contributed by atoms with Crippen LogP contribution < -0.4 is 5.32 Å². The van der Waals surface area contributed by atoms with Crippen LogP contribution in [0.3, 0.4) is 0 Å². The van der Waals surface area contributed by atoms with Crippen molar-refractivity contribution in [2.24, 2.45) is 0 Å². The van der Waals surface area contributed by atoms with Gasteiger partial charge in [0.2, 0.25) is 0 Å². The molecule has 0 fully saturated rings. The number of rotatable bonds is 6. The van der Waals surface area contributed by atoms with Gasteiger partial charge in [0.05, 0.1) is 18.9 Å². The molecule has 0 radical (unpaired) electrons. The van der Waals surface area contributed by atoms with Crippen LogP contribution in [0.2, 0.25) is 0 Å². The molecule has 2 rings (SSSR count). The zero-order valence-corrected chi connectivity index (χ0v) is 14.3. The van der Waals surface area contributed by atoms with E-state index in [0.717, 1.165) is 22.3 Å². The van der Waals surface area contributed by atoms with Gasteiger partial charge in [0, 0.05) is 5.69 Å². The third-order valence-corrected chi connectivity index (χ3v) is 3.80. The van der Waals surface area contributed by atoms with Crippen LogP contribution in [0.1, 0.15) is 22.3 Å². The zero-order valence-electron chi connectivity index (χ0n) is 14.3. The molecule has 0 spiro atoms. The summed E-state index contributed by atoms with van der Waals surface area (Å²) in [7, 11) is 0. The second kappa shape index (κ2) is 8.65. The zero-order chi connectivity index (χ0) is 18.2. The van der Waals surface area contributed by atoms with E-state index >= 15 is 0 Å². The maximum absolute atomic E-state index is 11.8. The second-order valence-electron chi connectivity index (χ2n) is 5.84. The Morgan fingerprint density at radius 3 is 2.36 bits per heavy atom. The molecule has 5 heteroatoms. The Hall–Kier alpha value is -3.13. The van der Waals surface area contributed by atoms with Gasteiger partial charge in [0.15, 0.2) is 6.61 Å². The van der Waals surface area contributed by atoms with Crippen LogP contribution in [0.15, 0.2) is 42.5 Å². The standard InChI is InChI=1S/C20H20N2O3/c1-14-3-4-17(11-15(14)2)12-20(24)25-13-19(23)22-18-7-5-16(6-8-18)9-10-21/h3-8,11H,9,12-13H2,1-2H3,(H,22,23). The first kappa shape index (κ1) is 18.2. The maximum atomic E-state index is 11.8. The molecule has 1 N–H and O–H groups in total. The Morgan fingerprint density at radius 2 is 1.72 bits per heavy atom. The summed E-state index contributed by atoms with van der Waals surface area (Å²) in [6, 6.07) is 14.8. The van der Waals surface area contributed by atoms with E-state index in [1.807, 2.05) is 32.0 Å². The van der Waals surface area contributed by atoms with Gasteiger partial charge < -0.3 is 10.1 Å². The van der Waals surface area contributed by atoms with Crippen molar-refractivity contribution in [2.45, 2.75) is 26.7 Å². The van der Waals surface area contributed by atoms with E-state index in [-0.39, 0.29) is 13.0 Å². The molecule has 0 aliphatic heterocycles. The van der Waals surface area contributed by atoms with Crippen LogP contribution in [0.5, 0.6) is 0 Å². The number of hydrogen-bond donors (Lipinski definition) is 1. The fourth-order valence-corrected chi connectivity index (χ4v) is 2.27. The highest BCUT2D eigenvalue weighted by Crippen LogP contribution is 2.11. The first-order chi connectivity index (χ1) is 12.0. The minimum atomic E-state index is -0.442. The lowest BCUT2D eigenvalue weighted by atomic mass is 10.0. The van der Waals surface area contributed by atoms with Crippen molar-refractivity contribution in [3.8, 4) is 6.07 Å². The van der Waals surface area contributed by atoms with Gasteiger partial charge in [0.1, 0.15) is 0 Å². The van der Waals surface area contributed by atoms with Gasteiger partial charge in [-0.15, -0.1) is 0 Å². The van der Waals surface area contributed by atoms with Crippen molar-refractivity contribution in [1.82, 2.24) is 0 Å². The van der Waals surface area contributed by atoms with Crippen molar-refractivity contribution in [3.63, 3.8) is 0 Å². The van der Waals surface area contributed by atoms with Crippen LogP contribution in [0.25, 0.3) is 0 Å². The Kier molecular flexibility index (Phi) is 6.30. The maximum Gasteiger partial charge on any atom is 0.310 e. The summed E-state index contributed by atoms with van der Waals surface area (Å²) in [6.45, 7) is 3.66. The molecule has 0 aliphatic carbocycles. The molecule has 1 amide bonds. The second-order valence-corrected chi connectivity index (χ2v) is 5.84. The lowest BCUT2D eigenvalue weighted by Crippen LogP contribution is -2.21. The molecular weight excluding hydrogens is 316 g/mol. The summed E-state index contributed by atoms with van der Waals surface area (Å²) in [6.07, 6.45) is 0.460. The molecular formula is C20H20N2O3. The summed E-state index contributed by atoms with van der Waals surface area (Å²) in [5.41, 5.74) is 4.61. The van der Waals surface area contributed by atoms with Gasteiger partial charge in [-0.1, -0.05) is 30.3 Å². The number of nitriles is 1. The van der Waals surface area contributed by atoms with E-state index in [1.54, 1.807) is 24.3 Å². The molecule has 0 atom stereocenters. The van der Waals surface area contributed by atoms with Crippen LogP contribution >= 0.6 is 0 Å². The molecule has 0 aliphatic rings. The van der Waals surface area contributed by atoms with Gasteiger partial charge in [-0.25, -0.2) is 0 Å². The third-order valence-electron chi connectivity index (χ3n) is 3.80. The molecule has 128 valence electrons. The average molecular weight is 336 g/mol. The van der Waals surface area contributed by atoms with Gasteiger partial charge in [-0.3, -0.25) is 9.59 Å². The van der Waals surface area contributed by atoms with E-state index in [4.69, 9.17) is 10.00 Å². The minimum Gasteiger partial charge on any atom is -0.455 e. The molecule has 0 bridgehead atoms. The van der Waals surface area contributed by atoms with Crippen molar-refractivity contribution in [2.75, 3.05) is 11.9 Å². The number of hydrogen-bond acceptors (Lipinski definition) is 4. The molecule has 0 unspecified atom stereocenters. The number of amides is 1. The normalized spacial score (nSPS) is 9.96. The van der Waals surface area contributed by atoms with Crippen molar-refractivity contribution < 1.29 is 14.3 Å². The summed E-state index contributed by atoms with van der Waals surface area (Å²) < 4.78 is 5.02. The molecule has 0 heterocycles. The molecule has 0 aromatic heterocycles. The summed E-state index contributed by atoms with van der Waals surface area (Å²) in [4.78, 5) is 23.7. The monoisotopic (exact) mass is 336 g/mol. The van der Waals surface area contributed by atoms with E-state index in [0.29, 0.717) is 12.1 Å². The molecule has 0 saturated heterocycles. The fraction of sp³-hybridized carbons (Fsp3) is 0.250. The highest BCUT2D eigenvalue weighted by molar-refractivity contribution is 5.92. The number of anilines is 1. The Labute approximate surface area is 147 Å². The number of ether oxygens (including phenoxy) is 1. The minimum absolute atomic E-state index is 0.136. The number of nitrogens with zero attached hydrogens (tertiary/aromatic N) is 1.